The molecular formula is C38H23N5. The lowest BCUT2D eigenvalue weighted by atomic mass is 9.99. The number of rotatable bonds is 3. The van der Waals surface area contributed by atoms with Crippen molar-refractivity contribution in [3.05, 3.63) is 140 Å². The molecule has 43 heavy (non-hydrogen) atoms. The van der Waals surface area contributed by atoms with Gasteiger partial charge in [0.2, 0.25) is 0 Å². The molecule has 0 aliphatic carbocycles. The van der Waals surface area contributed by atoms with Gasteiger partial charge in [-0.1, -0.05) is 54.6 Å². The van der Waals surface area contributed by atoms with E-state index < -0.39 is 0 Å². The zero-order valence-corrected chi connectivity index (χ0v) is 23.0. The largest absolute Gasteiger partial charge is 0.294 e. The molecule has 0 N–H and O–H groups in total. The van der Waals surface area contributed by atoms with Crippen molar-refractivity contribution in [1.29, 1.82) is 0 Å². The Balaban J connectivity index is 1.27. The molecule has 0 amide bonds. The van der Waals surface area contributed by atoms with E-state index in [1.54, 1.807) is 0 Å². The fourth-order valence-corrected chi connectivity index (χ4v) is 6.44. The first kappa shape index (κ1) is 23.7. The maximum Gasteiger partial charge on any atom is 0.137 e. The van der Waals surface area contributed by atoms with Gasteiger partial charge in [0.05, 0.1) is 22.1 Å². The number of nitrogens with zero attached hydrogens (tertiary/aromatic N) is 5. The first-order chi connectivity index (χ1) is 21.3. The standard InChI is InChI=1S/C38H23N5/c1-2-9-29-24(6-1)11-15-34-36(29)32-20-25(27-8-3-17-39-22-27)12-14-33(32)43(34)35-16-13-28(23-42-35)31-21-26-7-4-18-40-37(26)38-30(31)10-5-19-41-38/h1-23H. The molecule has 5 aromatic heterocycles. The molecule has 0 fully saturated rings. The maximum absolute atomic E-state index is 5.06. The summed E-state index contributed by atoms with van der Waals surface area (Å²) in [5, 5.41) is 6.99. The van der Waals surface area contributed by atoms with Crippen LogP contribution in [0.15, 0.2) is 140 Å². The summed E-state index contributed by atoms with van der Waals surface area (Å²) >= 11 is 0. The number of hydrogen-bond acceptors (Lipinski definition) is 4. The molecule has 0 unspecified atom stereocenters. The summed E-state index contributed by atoms with van der Waals surface area (Å²) < 4.78 is 2.28. The van der Waals surface area contributed by atoms with E-state index in [9.17, 15) is 0 Å². The van der Waals surface area contributed by atoms with Crippen LogP contribution in [0.2, 0.25) is 0 Å². The summed E-state index contributed by atoms with van der Waals surface area (Å²) in [6.45, 7) is 0. The summed E-state index contributed by atoms with van der Waals surface area (Å²) in [6, 6.07) is 38.4. The van der Waals surface area contributed by atoms with Crippen molar-refractivity contribution in [1.82, 2.24) is 24.5 Å². The van der Waals surface area contributed by atoms with Gasteiger partial charge in [-0.3, -0.25) is 19.5 Å². The summed E-state index contributed by atoms with van der Waals surface area (Å²) in [4.78, 5) is 18.7. The Bertz CT molecular complexity index is 2500. The first-order valence-corrected chi connectivity index (χ1v) is 14.3. The summed E-state index contributed by atoms with van der Waals surface area (Å²) in [5.41, 5.74) is 8.43. The number of hydrogen-bond donors (Lipinski definition) is 0. The van der Waals surface area contributed by atoms with Crippen molar-refractivity contribution < 1.29 is 0 Å². The highest BCUT2D eigenvalue weighted by atomic mass is 15.1. The van der Waals surface area contributed by atoms with Gasteiger partial charge in [0.15, 0.2) is 0 Å². The fourth-order valence-electron chi connectivity index (χ4n) is 6.44. The van der Waals surface area contributed by atoms with Crippen LogP contribution in [0.5, 0.6) is 0 Å². The number of aromatic nitrogens is 5. The SMILES string of the molecule is c1cncc(-c2ccc3c(c2)c2c4ccccc4ccc2n3-c2ccc(-c3cc4cccnc4c4ncccc34)cn2)c1. The molecule has 200 valence electrons. The second-order valence-corrected chi connectivity index (χ2v) is 10.8. The van der Waals surface area contributed by atoms with Crippen LogP contribution in [0, 0.1) is 0 Å². The average Bonchev–Trinajstić information content (AvgIpc) is 3.42. The molecule has 0 bridgehead atoms. The number of benzene rings is 4. The monoisotopic (exact) mass is 549 g/mol. The van der Waals surface area contributed by atoms with Crippen LogP contribution < -0.4 is 0 Å². The van der Waals surface area contributed by atoms with Gasteiger partial charge >= 0.3 is 0 Å². The molecule has 5 heterocycles. The van der Waals surface area contributed by atoms with Crippen LogP contribution in [-0.4, -0.2) is 24.5 Å². The quantitative estimate of drug-likeness (QED) is 0.206. The maximum atomic E-state index is 5.06. The van der Waals surface area contributed by atoms with E-state index in [0.29, 0.717) is 0 Å². The molecule has 0 spiro atoms. The third-order valence-electron chi connectivity index (χ3n) is 8.40. The molecule has 5 nitrogen and oxygen atoms in total. The Hall–Kier alpha value is -5.94. The minimum atomic E-state index is 0.873. The Kier molecular flexibility index (Phi) is 5.13. The molecule has 9 aromatic rings. The number of pyridine rings is 4. The van der Waals surface area contributed by atoms with Crippen molar-refractivity contribution in [2.75, 3.05) is 0 Å². The predicted octanol–water partition coefficient (Wildman–Crippen LogP) is 9.16. The second-order valence-electron chi connectivity index (χ2n) is 10.8. The molecule has 0 radical (unpaired) electrons. The molecule has 9 rings (SSSR count). The van der Waals surface area contributed by atoms with Crippen LogP contribution in [0.1, 0.15) is 0 Å². The normalized spacial score (nSPS) is 11.7. The van der Waals surface area contributed by atoms with Gasteiger partial charge in [-0.05, 0) is 76.5 Å². The van der Waals surface area contributed by atoms with Crippen LogP contribution in [0.3, 0.4) is 0 Å². The van der Waals surface area contributed by atoms with Crippen LogP contribution in [-0.2, 0) is 0 Å². The lowest BCUT2D eigenvalue weighted by Gasteiger charge is -2.11. The molecule has 0 saturated heterocycles. The predicted molar refractivity (Wildman–Crippen MR) is 175 cm³/mol. The zero-order valence-electron chi connectivity index (χ0n) is 23.0. The Labute approximate surface area is 246 Å². The molecule has 0 aliphatic heterocycles. The van der Waals surface area contributed by atoms with Gasteiger partial charge in [0.25, 0.3) is 0 Å². The van der Waals surface area contributed by atoms with Gasteiger partial charge in [-0.25, -0.2) is 4.98 Å². The Morgan fingerprint density at radius 2 is 1.26 bits per heavy atom. The lowest BCUT2D eigenvalue weighted by molar-refractivity contribution is 1.08. The van der Waals surface area contributed by atoms with Gasteiger partial charge in [-0.15, -0.1) is 0 Å². The molecular weight excluding hydrogens is 526 g/mol. The molecule has 4 aromatic carbocycles. The summed E-state index contributed by atoms with van der Waals surface area (Å²) in [7, 11) is 0. The van der Waals surface area contributed by atoms with E-state index in [2.05, 4.69) is 111 Å². The van der Waals surface area contributed by atoms with Crippen molar-refractivity contribution in [2.24, 2.45) is 0 Å². The van der Waals surface area contributed by atoms with E-state index in [-0.39, 0.29) is 0 Å². The van der Waals surface area contributed by atoms with Crippen molar-refractivity contribution >= 4 is 54.4 Å². The van der Waals surface area contributed by atoms with Crippen LogP contribution in [0.4, 0.5) is 0 Å². The van der Waals surface area contributed by atoms with Crippen LogP contribution >= 0.6 is 0 Å². The third kappa shape index (κ3) is 3.65. The number of fused-ring (bicyclic) bond motifs is 8. The average molecular weight is 550 g/mol. The first-order valence-electron chi connectivity index (χ1n) is 14.3. The van der Waals surface area contributed by atoms with Crippen molar-refractivity contribution in [2.45, 2.75) is 0 Å². The van der Waals surface area contributed by atoms with E-state index in [1.165, 1.54) is 21.5 Å². The highest BCUT2D eigenvalue weighted by Gasteiger charge is 2.17. The zero-order chi connectivity index (χ0) is 28.3. The third-order valence-corrected chi connectivity index (χ3v) is 8.40. The molecule has 5 heteroatoms. The molecule has 0 saturated carbocycles. The summed E-state index contributed by atoms with van der Waals surface area (Å²) in [5.74, 6) is 0.873. The fraction of sp³-hybridized carbons (Fsp3) is 0. The van der Waals surface area contributed by atoms with E-state index in [1.807, 2.05) is 49.2 Å². The van der Waals surface area contributed by atoms with Gasteiger partial charge in [0, 0.05) is 63.7 Å². The Morgan fingerprint density at radius 1 is 0.465 bits per heavy atom. The van der Waals surface area contributed by atoms with Gasteiger partial charge in [-0.2, -0.15) is 0 Å². The highest BCUT2D eigenvalue weighted by Crippen LogP contribution is 2.39. The van der Waals surface area contributed by atoms with Gasteiger partial charge in [0.1, 0.15) is 5.82 Å². The van der Waals surface area contributed by atoms with Crippen molar-refractivity contribution in [3.63, 3.8) is 0 Å². The summed E-state index contributed by atoms with van der Waals surface area (Å²) in [6.07, 6.45) is 9.35. The smallest absolute Gasteiger partial charge is 0.137 e. The molecule has 0 atom stereocenters. The minimum absolute atomic E-state index is 0.873. The van der Waals surface area contributed by atoms with E-state index in [0.717, 1.165) is 60.9 Å². The molecule has 0 aliphatic rings. The van der Waals surface area contributed by atoms with Crippen LogP contribution in [0.25, 0.3) is 82.5 Å². The Morgan fingerprint density at radius 3 is 2.14 bits per heavy atom. The van der Waals surface area contributed by atoms with E-state index in [4.69, 9.17) is 4.98 Å². The van der Waals surface area contributed by atoms with Crippen molar-refractivity contribution in [3.8, 4) is 28.1 Å². The minimum Gasteiger partial charge on any atom is -0.294 e. The highest BCUT2D eigenvalue weighted by molar-refractivity contribution is 6.21. The van der Waals surface area contributed by atoms with Gasteiger partial charge < -0.3 is 0 Å². The topological polar surface area (TPSA) is 56.5 Å². The lowest BCUT2D eigenvalue weighted by Crippen LogP contribution is -1.97. The second kappa shape index (κ2) is 9.29. The van der Waals surface area contributed by atoms with E-state index >= 15 is 0 Å².